The Morgan fingerprint density at radius 2 is 2.25 bits per heavy atom. The molecule has 0 aromatic carbocycles. The van der Waals surface area contributed by atoms with Gasteiger partial charge in [0, 0.05) is 6.08 Å². The first-order chi connectivity index (χ1) is 7.53. The highest BCUT2D eigenvalue weighted by atomic mass is 16.6. The number of aliphatic hydroxyl groups is 3. The minimum absolute atomic E-state index is 0.0347. The molecule has 1 aliphatic heterocycles. The summed E-state index contributed by atoms with van der Waals surface area (Å²) < 4.78 is 5.16. The van der Waals surface area contributed by atoms with Crippen molar-refractivity contribution in [2.45, 2.75) is 31.7 Å². The quantitative estimate of drug-likeness (QED) is 0.346. The topological polar surface area (TPSA) is 73.2 Å². The third-order valence-electron chi connectivity index (χ3n) is 2.48. The van der Waals surface area contributed by atoms with Crippen LogP contribution < -0.4 is 0 Å². The van der Waals surface area contributed by atoms with Crippen LogP contribution in [-0.4, -0.2) is 46.3 Å². The summed E-state index contributed by atoms with van der Waals surface area (Å²) in [5.74, 6) is 5.56. The Morgan fingerprint density at radius 3 is 2.75 bits per heavy atom. The van der Waals surface area contributed by atoms with Crippen molar-refractivity contribution in [1.82, 2.24) is 0 Å². The molecule has 0 aromatic heterocycles. The molecule has 1 aliphatic rings. The summed E-state index contributed by atoms with van der Waals surface area (Å²) in [5, 5.41) is 26.7. The minimum atomic E-state index is -0.893. The molecular formula is C12H16O4. The summed E-state index contributed by atoms with van der Waals surface area (Å²) in [7, 11) is 0. The summed E-state index contributed by atoms with van der Waals surface area (Å²) >= 11 is 0. The van der Waals surface area contributed by atoms with Gasteiger partial charge in [-0.15, -0.1) is 5.73 Å². The van der Waals surface area contributed by atoms with Gasteiger partial charge in [0.1, 0.15) is 12.2 Å². The van der Waals surface area contributed by atoms with Gasteiger partial charge in [-0.2, -0.15) is 0 Å². The molecule has 0 aromatic rings. The van der Waals surface area contributed by atoms with Crippen LogP contribution in [0.3, 0.4) is 0 Å². The first-order valence-corrected chi connectivity index (χ1v) is 5.05. The molecule has 3 N–H and O–H groups in total. The van der Waals surface area contributed by atoms with E-state index in [2.05, 4.69) is 17.6 Å². The van der Waals surface area contributed by atoms with Crippen LogP contribution >= 0.6 is 0 Å². The molecule has 1 saturated heterocycles. The third-order valence-corrected chi connectivity index (χ3v) is 2.48. The number of ether oxygens (including phenoxy) is 1. The van der Waals surface area contributed by atoms with Crippen LogP contribution in [0, 0.1) is 11.8 Å². The molecule has 0 bridgehead atoms. The Bertz CT molecular complexity index is 370. The Morgan fingerprint density at radius 1 is 1.56 bits per heavy atom. The molecule has 3 unspecified atom stereocenters. The summed E-state index contributed by atoms with van der Waals surface area (Å²) in [6.07, 6.45) is 0.368. The highest BCUT2D eigenvalue weighted by molar-refractivity contribution is 5.29. The molecule has 4 nitrogen and oxygen atoms in total. The molecule has 0 spiro atoms. The lowest BCUT2D eigenvalue weighted by molar-refractivity contribution is 0.122. The van der Waals surface area contributed by atoms with E-state index in [1.165, 1.54) is 6.08 Å². The van der Waals surface area contributed by atoms with E-state index in [4.69, 9.17) is 14.9 Å². The lowest BCUT2D eigenvalue weighted by atomic mass is 10.1. The van der Waals surface area contributed by atoms with Gasteiger partial charge in [0.25, 0.3) is 0 Å². The largest absolute Gasteiger partial charge is 0.394 e. The number of rotatable bonds is 3. The van der Waals surface area contributed by atoms with Gasteiger partial charge in [-0.05, 0) is 19.4 Å². The first-order valence-electron chi connectivity index (χ1n) is 5.05. The average Bonchev–Trinajstić information content (AvgIpc) is 2.95. The Balaban J connectivity index is 2.58. The highest BCUT2D eigenvalue weighted by Crippen LogP contribution is 2.34. The smallest absolute Gasteiger partial charge is 0.155 e. The number of hydrogen-bond acceptors (Lipinski definition) is 4. The van der Waals surface area contributed by atoms with Crippen molar-refractivity contribution < 1.29 is 20.1 Å². The minimum Gasteiger partial charge on any atom is -0.394 e. The second kappa shape index (κ2) is 5.31. The zero-order valence-electron chi connectivity index (χ0n) is 9.40. The van der Waals surface area contributed by atoms with Crippen molar-refractivity contribution in [3.05, 3.63) is 17.4 Å². The number of epoxide rings is 1. The fourth-order valence-electron chi connectivity index (χ4n) is 1.15. The van der Waals surface area contributed by atoms with Crippen molar-refractivity contribution in [3.63, 3.8) is 0 Å². The SMILES string of the molecule is CC(=C=CC#CC1(C)OC1CO)C(O)CO. The van der Waals surface area contributed by atoms with Crippen LogP contribution in [0.5, 0.6) is 0 Å². The summed E-state index contributed by atoms with van der Waals surface area (Å²) in [5.41, 5.74) is 2.72. The number of hydrogen-bond donors (Lipinski definition) is 3. The normalized spacial score (nSPS) is 28.4. The van der Waals surface area contributed by atoms with Gasteiger partial charge in [-0.25, -0.2) is 0 Å². The fraction of sp³-hybridized carbons (Fsp3) is 0.583. The molecule has 1 heterocycles. The second-order valence-electron chi connectivity index (χ2n) is 3.84. The molecule has 88 valence electrons. The van der Waals surface area contributed by atoms with Crippen LogP contribution in [-0.2, 0) is 4.74 Å². The molecular weight excluding hydrogens is 208 g/mol. The van der Waals surface area contributed by atoms with Gasteiger partial charge in [-0.3, -0.25) is 0 Å². The third kappa shape index (κ3) is 3.21. The molecule has 16 heavy (non-hydrogen) atoms. The van der Waals surface area contributed by atoms with Crippen molar-refractivity contribution in [3.8, 4) is 11.8 Å². The maximum absolute atomic E-state index is 9.20. The van der Waals surface area contributed by atoms with Crippen LogP contribution in [0.25, 0.3) is 0 Å². The van der Waals surface area contributed by atoms with E-state index in [0.29, 0.717) is 5.57 Å². The molecule has 0 aliphatic carbocycles. The van der Waals surface area contributed by atoms with Crippen molar-refractivity contribution >= 4 is 0 Å². The van der Waals surface area contributed by atoms with Crippen molar-refractivity contribution in [1.29, 1.82) is 0 Å². The number of aliphatic hydroxyl groups excluding tert-OH is 3. The predicted octanol–water partition coefficient (Wildman–Crippen LogP) is -0.406. The summed E-state index contributed by atoms with van der Waals surface area (Å²) in [6, 6.07) is 0. The van der Waals surface area contributed by atoms with E-state index in [9.17, 15) is 5.11 Å². The molecule has 0 radical (unpaired) electrons. The lowest BCUT2D eigenvalue weighted by Gasteiger charge is -2.02. The van der Waals surface area contributed by atoms with Crippen LogP contribution in [0.4, 0.5) is 0 Å². The maximum atomic E-state index is 9.20. The van der Waals surface area contributed by atoms with Crippen LogP contribution in [0.2, 0.25) is 0 Å². The van der Waals surface area contributed by atoms with E-state index < -0.39 is 11.7 Å². The zero-order valence-corrected chi connectivity index (χ0v) is 9.40. The molecule has 4 heteroatoms. The van der Waals surface area contributed by atoms with Gasteiger partial charge in [0.05, 0.1) is 13.2 Å². The maximum Gasteiger partial charge on any atom is 0.155 e. The lowest BCUT2D eigenvalue weighted by Crippen LogP contribution is -2.12. The molecule has 0 saturated carbocycles. The van der Waals surface area contributed by atoms with Gasteiger partial charge >= 0.3 is 0 Å². The molecule has 3 atom stereocenters. The van der Waals surface area contributed by atoms with E-state index in [1.807, 2.05) is 0 Å². The second-order valence-corrected chi connectivity index (χ2v) is 3.84. The fourth-order valence-corrected chi connectivity index (χ4v) is 1.15. The molecule has 1 fully saturated rings. The van der Waals surface area contributed by atoms with E-state index in [0.717, 1.165) is 0 Å². The van der Waals surface area contributed by atoms with E-state index >= 15 is 0 Å². The molecule has 1 rings (SSSR count). The Hall–Kier alpha value is -1.08. The predicted molar refractivity (Wildman–Crippen MR) is 58.5 cm³/mol. The summed E-state index contributed by atoms with van der Waals surface area (Å²) in [6.45, 7) is 3.10. The zero-order chi connectivity index (χ0) is 12.2. The standard InChI is InChI=1S/C12H16O4/c1-9(10(15)7-13)5-3-4-6-12(2)11(8-14)16-12/h3,10-11,13-15H,7-8H2,1-2H3. The van der Waals surface area contributed by atoms with Crippen molar-refractivity contribution in [2.75, 3.05) is 13.2 Å². The average molecular weight is 224 g/mol. The first kappa shape index (κ1) is 13.0. The van der Waals surface area contributed by atoms with Gasteiger partial charge in [0.2, 0.25) is 0 Å². The Kier molecular flexibility index (Phi) is 4.31. The van der Waals surface area contributed by atoms with Gasteiger partial charge < -0.3 is 20.1 Å². The van der Waals surface area contributed by atoms with E-state index in [-0.39, 0.29) is 19.3 Å². The van der Waals surface area contributed by atoms with Gasteiger partial charge in [-0.1, -0.05) is 11.8 Å². The van der Waals surface area contributed by atoms with E-state index in [1.54, 1.807) is 13.8 Å². The van der Waals surface area contributed by atoms with Crippen molar-refractivity contribution in [2.24, 2.45) is 0 Å². The van der Waals surface area contributed by atoms with Crippen LogP contribution in [0.1, 0.15) is 13.8 Å². The van der Waals surface area contributed by atoms with Crippen LogP contribution in [0.15, 0.2) is 17.4 Å². The van der Waals surface area contributed by atoms with Gasteiger partial charge in [0.15, 0.2) is 5.60 Å². The Labute approximate surface area is 94.9 Å². The highest BCUT2D eigenvalue weighted by Gasteiger charge is 2.50. The summed E-state index contributed by atoms with van der Waals surface area (Å²) in [4.78, 5) is 0. The molecule has 0 amide bonds. The monoisotopic (exact) mass is 224 g/mol.